The van der Waals surface area contributed by atoms with Gasteiger partial charge in [0.05, 0.1) is 5.56 Å². The number of pyridine rings is 1. The van der Waals surface area contributed by atoms with E-state index in [1.807, 2.05) is 0 Å². The van der Waals surface area contributed by atoms with Crippen molar-refractivity contribution in [1.29, 1.82) is 0 Å². The summed E-state index contributed by atoms with van der Waals surface area (Å²) in [7, 11) is -1.42. The van der Waals surface area contributed by atoms with Gasteiger partial charge in [-0.15, -0.1) is 5.54 Å². The minimum atomic E-state index is -1.42. The van der Waals surface area contributed by atoms with Crippen molar-refractivity contribution in [3.63, 3.8) is 0 Å². The third-order valence-corrected chi connectivity index (χ3v) is 2.44. The van der Waals surface area contributed by atoms with Gasteiger partial charge in [0, 0.05) is 18.0 Å². The summed E-state index contributed by atoms with van der Waals surface area (Å²) in [5, 5.41) is 8.76. The van der Waals surface area contributed by atoms with Crippen molar-refractivity contribution in [2.24, 2.45) is 0 Å². The first-order valence-corrected chi connectivity index (χ1v) is 8.10. The zero-order valence-electron chi connectivity index (χ0n) is 9.03. The molecule has 0 amide bonds. The van der Waals surface area contributed by atoms with Gasteiger partial charge < -0.3 is 5.11 Å². The maximum absolute atomic E-state index is 10.7. The molecule has 15 heavy (non-hydrogen) atoms. The molecule has 4 heteroatoms. The summed E-state index contributed by atoms with van der Waals surface area (Å²) in [6.07, 6.45) is 2.90. The molecule has 0 atom stereocenters. The first-order valence-electron chi connectivity index (χ1n) is 4.60. The fraction of sp³-hybridized carbons (Fsp3) is 0.273. The summed E-state index contributed by atoms with van der Waals surface area (Å²) in [5.41, 5.74) is 4.00. The number of nitrogens with zero attached hydrogens (tertiary/aromatic N) is 1. The average Bonchev–Trinajstić information content (AvgIpc) is 2.14. The molecule has 1 N–H and O–H groups in total. The number of carbonyl (C=O) groups is 1. The Morgan fingerprint density at radius 2 is 2.07 bits per heavy atom. The Labute approximate surface area is 90.2 Å². The third kappa shape index (κ3) is 3.96. The van der Waals surface area contributed by atoms with Crippen LogP contribution in [0.2, 0.25) is 19.6 Å². The molecule has 1 rings (SSSR count). The highest BCUT2D eigenvalue weighted by Gasteiger charge is 2.08. The average molecular weight is 219 g/mol. The van der Waals surface area contributed by atoms with E-state index in [9.17, 15) is 4.79 Å². The Hall–Kier alpha value is -1.60. The molecule has 0 aliphatic heterocycles. The molecule has 0 fully saturated rings. The van der Waals surface area contributed by atoms with E-state index in [-0.39, 0.29) is 5.56 Å². The second kappa shape index (κ2) is 4.28. The number of hydrogen-bond donors (Lipinski definition) is 1. The number of carboxylic acid groups (broad SMARTS) is 1. The molecule has 0 radical (unpaired) electrons. The van der Waals surface area contributed by atoms with Crippen molar-refractivity contribution in [2.75, 3.05) is 0 Å². The van der Waals surface area contributed by atoms with Gasteiger partial charge in [-0.1, -0.05) is 25.6 Å². The van der Waals surface area contributed by atoms with Crippen LogP contribution >= 0.6 is 0 Å². The van der Waals surface area contributed by atoms with Crippen LogP contribution in [0, 0.1) is 11.5 Å². The van der Waals surface area contributed by atoms with Crippen molar-refractivity contribution in [3.05, 3.63) is 29.6 Å². The van der Waals surface area contributed by atoms with Gasteiger partial charge in [0.15, 0.2) is 0 Å². The highest BCUT2D eigenvalue weighted by atomic mass is 28.3. The van der Waals surface area contributed by atoms with Gasteiger partial charge in [-0.3, -0.25) is 4.98 Å². The lowest BCUT2D eigenvalue weighted by Gasteiger charge is -2.03. The Kier molecular flexibility index (Phi) is 3.27. The first-order chi connectivity index (χ1) is 6.88. The maximum atomic E-state index is 10.7. The standard InChI is InChI=1S/C11H13NO2Si/c1-15(2,3)5-4-9-6-10(11(13)14)8-12-7-9/h6-8H,1-3H3,(H,13,14). The zero-order valence-corrected chi connectivity index (χ0v) is 10.0. The molecule has 0 aromatic carbocycles. The fourth-order valence-corrected chi connectivity index (χ4v) is 1.40. The van der Waals surface area contributed by atoms with Crippen molar-refractivity contribution >= 4 is 14.0 Å². The smallest absolute Gasteiger partial charge is 0.337 e. The van der Waals surface area contributed by atoms with Crippen molar-refractivity contribution in [2.45, 2.75) is 19.6 Å². The fourth-order valence-electron chi connectivity index (χ4n) is 0.885. The minimum Gasteiger partial charge on any atom is -0.478 e. The van der Waals surface area contributed by atoms with E-state index in [0.717, 1.165) is 0 Å². The first kappa shape index (κ1) is 11.5. The summed E-state index contributed by atoms with van der Waals surface area (Å²) in [4.78, 5) is 14.5. The predicted molar refractivity (Wildman–Crippen MR) is 61.4 cm³/mol. The minimum absolute atomic E-state index is 0.178. The number of carboxylic acids is 1. The predicted octanol–water partition coefficient (Wildman–Crippen LogP) is 2.01. The molecule has 0 bridgehead atoms. The number of rotatable bonds is 1. The molecule has 0 aliphatic rings. The molecule has 78 valence electrons. The topological polar surface area (TPSA) is 50.2 Å². The van der Waals surface area contributed by atoms with E-state index in [4.69, 9.17) is 5.11 Å². The second-order valence-corrected chi connectivity index (χ2v) is 9.02. The van der Waals surface area contributed by atoms with E-state index in [1.54, 1.807) is 12.3 Å². The van der Waals surface area contributed by atoms with Gasteiger partial charge in [0.25, 0.3) is 0 Å². The highest BCUT2D eigenvalue weighted by Crippen LogP contribution is 2.03. The molecule has 3 nitrogen and oxygen atoms in total. The number of hydrogen-bond acceptors (Lipinski definition) is 2. The number of aromatic nitrogens is 1. The van der Waals surface area contributed by atoms with Gasteiger partial charge in [0.2, 0.25) is 0 Å². The van der Waals surface area contributed by atoms with E-state index in [1.165, 1.54) is 6.20 Å². The molecule has 1 aromatic rings. The van der Waals surface area contributed by atoms with E-state index in [2.05, 4.69) is 36.1 Å². The van der Waals surface area contributed by atoms with Gasteiger partial charge in [-0.25, -0.2) is 4.79 Å². The van der Waals surface area contributed by atoms with E-state index >= 15 is 0 Å². The van der Waals surface area contributed by atoms with Crippen molar-refractivity contribution in [1.82, 2.24) is 4.98 Å². The van der Waals surface area contributed by atoms with Gasteiger partial charge in [-0.2, -0.15) is 0 Å². The largest absolute Gasteiger partial charge is 0.478 e. The third-order valence-electron chi connectivity index (χ3n) is 1.57. The normalized spacial score (nSPS) is 10.3. The van der Waals surface area contributed by atoms with Crippen LogP contribution < -0.4 is 0 Å². The Morgan fingerprint density at radius 1 is 1.40 bits per heavy atom. The summed E-state index contributed by atoms with van der Waals surface area (Å²) < 4.78 is 0. The number of aromatic carboxylic acids is 1. The lowest BCUT2D eigenvalue weighted by atomic mass is 10.2. The summed E-state index contributed by atoms with van der Waals surface area (Å²) in [5.74, 6) is 1.99. The van der Waals surface area contributed by atoms with Gasteiger partial charge >= 0.3 is 5.97 Å². The lowest BCUT2D eigenvalue weighted by molar-refractivity contribution is 0.0696. The highest BCUT2D eigenvalue weighted by molar-refractivity contribution is 6.83. The van der Waals surface area contributed by atoms with E-state index < -0.39 is 14.0 Å². The Bertz CT molecular complexity index is 438. The van der Waals surface area contributed by atoms with Crippen LogP contribution in [0.3, 0.4) is 0 Å². The maximum Gasteiger partial charge on any atom is 0.337 e. The van der Waals surface area contributed by atoms with Crippen LogP contribution in [0.4, 0.5) is 0 Å². The molecule has 0 saturated heterocycles. The van der Waals surface area contributed by atoms with Gasteiger partial charge in [-0.05, 0) is 6.07 Å². The molecule has 1 aromatic heterocycles. The zero-order chi connectivity index (χ0) is 11.5. The van der Waals surface area contributed by atoms with Crippen LogP contribution in [0.5, 0.6) is 0 Å². The summed E-state index contributed by atoms with van der Waals surface area (Å²) in [6.45, 7) is 6.40. The lowest BCUT2D eigenvalue weighted by Crippen LogP contribution is -2.16. The SMILES string of the molecule is C[Si](C)(C)C#Cc1cncc(C(=O)O)c1. The van der Waals surface area contributed by atoms with E-state index in [0.29, 0.717) is 5.56 Å². The monoisotopic (exact) mass is 219 g/mol. The Balaban J connectivity index is 3.00. The summed E-state index contributed by atoms with van der Waals surface area (Å²) >= 11 is 0. The van der Waals surface area contributed by atoms with Crippen molar-refractivity contribution < 1.29 is 9.90 Å². The van der Waals surface area contributed by atoms with Crippen LogP contribution in [-0.4, -0.2) is 24.1 Å². The Morgan fingerprint density at radius 3 is 2.60 bits per heavy atom. The molecule has 0 aliphatic carbocycles. The molecule has 0 spiro atoms. The molecule has 0 unspecified atom stereocenters. The van der Waals surface area contributed by atoms with Crippen molar-refractivity contribution in [3.8, 4) is 11.5 Å². The molecule has 0 saturated carbocycles. The van der Waals surface area contributed by atoms with Crippen LogP contribution in [0.25, 0.3) is 0 Å². The molecule has 1 heterocycles. The quantitative estimate of drug-likeness (QED) is 0.580. The molecular weight excluding hydrogens is 206 g/mol. The summed E-state index contributed by atoms with van der Waals surface area (Å²) in [6, 6.07) is 1.54. The van der Waals surface area contributed by atoms with Gasteiger partial charge in [0.1, 0.15) is 8.07 Å². The molecular formula is C11H13NO2Si. The van der Waals surface area contributed by atoms with Crippen LogP contribution in [-0.2, 0) is 0 Å². The van der Waals surface area contributed by atoms with Crippen LogP contribution in [0.15, 0.2) is 18.5 Å². The van der Waals surface area contributed by atoms with Crippen LogP contribution in [0.1, 0.15) is 15.9 Å². The second-order valence-electron chi connectivity index (χ2n) is 4.27.